The van der Waals surface area contributed by atoms with Gasteiger partial charge in [-0.1, -0.05) is 24.6 Å². The highest BCUT2D eigenvalue weighted by atomic mass is 15.4. The van der Waals surface area contributed by atoms with Crippen LogP contribution in [0.25, 0.3) is 10.9 Å². The molecule has 4 heteroatoms. The highest BCUT2D eigenvalue weighted by molar-refractivity contribution is 5.80. The monoisotopic (exact) mass is 340 g/mol. The van der Waals surface area contributed by atoms with Crippen LogP contribution in [0.15, 0.2) is 36.5 Å². The summed E-state index contributed by atoms with van der Waals surface area (Å²) in [6.45, 7) is 8.76. The highest BCUT2D eigenvalue weighted by Crippen LogP contribution is 2.18. The lowest BCUT2D eigenvalue weighted by Gasteiger charge is -2.35. The minimum Gasteiger partial charge on any atom is -0.326 e. The molecule has 3 heterocycles. The number of aromatic nitrogens is 1. The van der Waals surface area contributed by atoms with Gasteiger partial charge in [0.05, 0.1) is 5.52 Å². The van der Waals surface area contributed by atoms with Crippen LogP contribution in [0.5, 0.6) is 0 Å². The van der Waals surface area contributed by atoms with Gasteiger partial charge >= 0.3 is 0 Å². The van der Waals surface area contributed by atoms with Crippen LogP contribution >= 0.6 is 0 Å². The summed E-state index contributed by atoms with van der Waals surface area (Å²) in [7, 11) is 0. The summed E-state index contributed by atoms with van der Waals surface area (Å²) < 4.78 is 2.20. The first-order valence-corrected chi connectivity index (χ1v) is 10.1. The van der Waals surface area contributed by atoms with E-state index < -0.39 is 0 Å². The maximum Gasteiger partial charge on any atom is 0.0692 e. The Balaban J connectivity index is 1.25. The first-order chi connectivity index (χ1) is 12.4. The number of piperidine rings is 2. The summed E-state index contributed by atoms with van der Waals surface area (Å²) >= 11 is 0. The van der Waals surface area contributed by atoms with E-state index in [1.807, 2.05) is 0 Å². The number of nitrogens with one attached hydrogen (secondary N) is 1. The fourth-order valence-corrected chi connectivity index (χ4v) is 4.44. The van der Waals surface area contributed by atoms with Gasteiger partial charge in [-0.25, -0.2) is 0 Å². The van der Waals surface area contributed by atoms with Crippen LogP contribution in [0.4, 0.5) is 0 Å². The van der Waals surface area contributed by atoms with Gasteiger partial charge in [0.15, 0.2) is 0 Å². The van der Waals surface area contributed by atoms with E-state index in [2.05, 4.69) is 56.4 Å². The second-order valence-electron chi connectivity index (χ2n) is 7.82. The van der Waals surface area contributed by atoms with Crippen LogP contribution in [0.1, 0.15) is 32.1 Å². The van der Waals surface area contributed by atoms with Crippen LogP contribution in [-0.4, -0.2) is 60.3 Å². The van der Waals surface area contributed by atoms with Gasteiger partial charge in [-0.2, -0.15) is 0 Å². The lowest BCUT2D eigenvalue weighted by atomic mass is 9.98. The molecule has 1 aromatic heterocycles. The lowest BCUT2D eigenvalue weighted by Crippen LogP contribution is -2.43. The van der Waals surface area contributed by atoms with Crippen molar-refractivity contribution in [2.45, 2.75) is 32.1 Å². The average Bonchev–Trinajstić information content (AvgIpc) is 3.09. The molecule has 1 unspecified atom stereocenters. The Morgan fingerprint density at radius 1 is 0.880 bits per heavy atom. The van der Waals surface area contributed by atoms with Gasteiger partial charge < -0.3 is 15.2 Å². The van der Waals surface area contributed by atoms with Crippen molar-refractivity contribution in [3.05, 3.63) is 36.5 Å². The molecular weight excluding hydrogens is 308 g/mol. The molecule has 0 amide bonds. The minimum absolute atomic E-state index is 0.760. The van der Waals surface area contributed by atoms with E-state index in [0.29, 0.717) is 0 Å². The molecule has 0 spiro atoms. The van der Waals surface area contributed by atoms with E-state index in [9.17, 15) is 0 Å². The van der Waals surface area contributed by atoms with Crippen molar-refractivity contribution in [3.8, 4) is 0 Å². The second kappa shape index (κ2) is 8.24. The Labute approximate surface area is 151 Å². The number of benzene rings is 1. The topological polar surface area (TPSA) is 23.4 Å². The SMILES string of the molecule is c1ccc2c(c1)ccn2NCC1CCCN(CCN2CCCCC2)C1. The molecule has 2 fully saturated rings. The molecule has 2 aliphatic rings. The van der Waals surface area contributed by atoms with Crippen LogP contribution in [-0.2, 0) is 0 Å². The van der Waals surface area contributed by atoms with Crippen molar-refractivity contribution in [1.82, 2.24) is 14.5 Å². The molecule has 4 rings (SSSR count). The predicted octanol–water partition coefficient (Wildman–Crippen LogP) is 3.38. The molecule has 136 valence electrons. The third-order valence-corrected chi connectivity index (χ3v) is 5.93. The molecule has 1 atom stereocenters. The smallest absolute Gasteiger partial charge is 0.0692 e. The van der Waals surface area contributed by atoms with Crippen molar-refractivity contribution >= 4 is 10.9 Å². The Bertz CT molecular complexity index is 659. The fourth-order valence-electron chi connectivity index (χ4n) is 4.44. The third kappa shape index (κ3) is 4.36. The van der Waals surface area contributed by atoms with Gasteiger partial charge in [0, 0.05) is 37.8 Å². The number of hydrogen-bond donors (Lipinski definition) is 1. The van der Waals surface area contributed by atoms with Crippen molar-refractivity contribution in [3.63, 3.8) is 0 Å². The minimum atomic E-state index is 0.760. The third-order valence-electron chi connectivity index (χ3n) is 5.93. The molecule has 2 saturated heterocycles. The summed E-state index contributed by atoms with van der Waals surface area (Å²) in [6, 6.07) is 10.8. The summed E-state index contributed by atoms with van der Waals surface area (Å²) in [5.74, 6) is 0.760. The molecule has 0 radical (unpaired) electrons. The summed E-state index contributed by atoms with van der Waals surface area (Å²) in [4.78, 5) is 5.36. The molecule has 1 N–H and O–H groups in total. The Morgan fingerprint density at radius 2 is 1.68 bits per heavy atom. The van der Waals surface area contributed by atoms with Crippen LogP contribution in [0, 0.1) is 5.92 Å². The van der Waals surface area contributed by atoms with Crippen molar-refractivity contribution in [2.75, 3.05) is 51.2 Å². The molecular formula is C21H32N4. The van der Waals surface area contributed by atoms with E-state index in [0.717, 1.165) is 12.5 Å². The van der Waals surface area contributed by atoms with Crippen LogP contribution < -0.4 is 5.43 Å². The quantitative estimate of drug-likeness (QED) is 0.872. The zero-order valence-corrected chi connectivity index (χ0v) is 15.4. The Kier molecular flexibility index (Phi) is 5.58. The van der Waals surface area contributed by atoms with Gasteiger partial charge in [0.2, 0.25) is 0 Å². The highest BCUT2D eigenvalue weighted by Gasteiger charge is 2.20. The molecule has 1 aromatic carbocycles. The van der Waals surface area contributed by atoms with Crippen LogP contribution in [0.3, 0.4) is 0 Å². The van der Waals surface area contributed by atoms with Gasteiger partial charge in [0.1, 0.15) is 0 Å². The number of hydrogen-bond acceptors (Lipinski definition) is 3. The number of nitrogens with zero attached hydrogens (tertiary/aromatic N) is 3. The number of rotatable bonds is 6. The fraction of sp³-hybridized carbons (Fsp3) is 0.619. The van der Waals surface area contributed by atoms with E-state index in [1.165, 1.54) is 82.3 Å². The molecule has 4 nitrogen and oxygen atoms in total. The van der Waals surface area contributed by atoms with Crippen LogP contribution in [0.2, 0.25) is 0 Å². The van der Waals surface area contributed by atoms with Gasteiger partial charge in [-0.3, -0.25) is 4.68 Å². The Morgan fingerprint density at radius 3 is 2.60 bits per heavy atom. The standard InChI is InChI=1S/C21H32N4/c1-4-11-23(12-5-1)15-16-24-13-6-7-19(18-24)17-22-25-14-10-20-8-2-3-9-21(20)25/h2-3,8-10,14,19,22H,1,4-7,11-13,15-18H2. The van der Waals surface area contributed by atoms with E-state index in [1.54, 1.807) is 0 Å². The van der Waals surface area contributed by atoms with Crippen molar-refractivity contribution in [2.24, 2.45) is 5.92 Å². The van der Waals surface area contributed by atoms with Gasteiger partial charge in [-0.15, -0.1) is 0 Å². The number of para-hydroxylation sites is 1. The molecule has 25 heavy (non-hydrogen) atoms. The zero-order chi connectivity index (χ0) is 16.9. The second-order valence-corrected chi connectivity index (χ2v) is 7.82. The van der Waals surface area contributed by atoms with E-state index >= 15 is 0 Å². The first kappa shape index (κ1) is 16.9. The Hall–Kier alpha value is -1.52. The molecule has 0 aliphatic carbocycles. The largest absolute Gasteiger partial charge is 0.326 e. The van der Waals surface area contributed by atoms with Gasteiger partial charge in [0.25, 0.3) is 0 Å². The number of likely N-dealkylation sites (tertiary alicyclic amines) is 2. The molecule has 2 aliphatic heterocycles. The zero-order valence-electron chi connectivity index (χ0n) is 15.4. The maximum absolute atomic E-state index is 3.64. The van der Waals surface area contributed by atoms with Crippen molar-refractivity contribution < 1.29 is 0 Å². The summed E-state index contributed by atoms with van der Waals surface area (Å²) in [5, 5.41) is 1.31. The molecule has 0 saturated carbocycles. The molecule has 0 bridgehead atoms. The normalized spacial score (nSPS) is 23.1. The summed E-state index contributed by atoms with van der Waals surface area (Å²) in [6.07, 6.45) is 9.09. The lowest BCUT2D eigenvalue weighted by molar-refractivity contribution is 0.142. The maximum atomic E-state index is 3.64. The molecule has 2 aromatic rings. The van der Waals surface area contributed by atoms with E-state index in [4.69, 9.17) is 0 Å². The predicted molar refractivity (Wildman–Crippen MR) is 106 cm³/mol. The average molecular weight is 341 g/mol. The van der Waals surface area contributed by atoms with Crippen molar-refractivity contribution in [1.29, 1.82) is 0 Å². The summed E-state index contributed by atoms with van der Waals surface area (Å²) in [5.41, 5.74) is 4.92. The first-order valence-electron chi connectivity index (χ1n) is 10.1. The van der Waals surface area contributed by atoms with Gasteiger partial charge in [-0.05, 0) is 63.4 Å². The number of fused-ring (bicyclic) bond motifs is 1. The van der Waals surface area contributed by atoms with E-state index in [-0.39, 0.29) is 0 Å².